The first-order chi connectivity index (χ1) is 12.8. The molecule has 0 bridgehead atoms. The van der Waals surface area contributed by atoms with Crippen molar-refractivity contribution in [3.05, 3.63) is 46.2 Å². The van der Waals surface area contributed by atoms with Crippen molar-refractivity contribution in [3.63, 3.8) is 0 Å². The lowest BCUT2D eigenvalue weighted by Gasteiger charge is -2.21. The highest BCUT2D eigenvalue weighted by atomic mass is 32.1. The van der Waals surface area contributed by atoms with Crippen molar-refractivity contribution in [1.29, 1.82) is 0 Å². The summed E-state index contributed by atoms with van der Waals surface area (Å²) < 4.78 is 11.0. The van der Waals surface area contributed by atoms with Gasteiger partial charge in [0.2, 0.25) is 6.79 Å². The van der Waals surface area contributed by atoms with Gasteiger partial charge in [-0.3, -0.25) is 0 Å². The smallest absolute Gasteiger partial charge is 0.231 e. The minimum Gasteiger partial charge on any atom is -0.454 e. The Morgan fingerprint density at radius 1 is 1.08 bits per heavy atom. The van der Waals surface area contributed by atoms with Gasteiger partial charge in [0.05, 0.1) is 5.69 Å². The van der Waals surface area contributed by atoms with Gasteiger partial charge in [-0.05, 0) is 48.4 Å². The molecule has 2 aromatic heterocycles. The summed E-state index contributed by atoms with van der Waals surface area (Å²) in [6.07, 6.45) is 7.19. The van der Waals surface area contributed by atoms with Gasteiger partial charge >= 0.3 is 0 Å². The van der Waals surface area contributed by atoms with Crippen LogP contribution in [-0.4, -0.2) is 16.8 Å². The summed E-state index contributed by atoms with van der Waals surface area (Å²) in [6, 6.07) is 6.19. The van der Waals surface area contributed by atoms with E-state index in [1.54, 1.807) is 11.3 Å². The lowest BCUT2D eigenvalue weighted by molar-refractivity contribution is 0.174. The van der Waals surface area contributed by atoms with Crippen molar-refractivity contribution in [3.8, 4) is 11.5 Å². The van der Waals surface area contributed by atoms with Crippen LogP contribution in [0, 0.1) is 6.92 Å². The lowest BCUT2D eigenvalue weighted by atomic mass is 9.88. The van der Waals surface area contributed by atoms with Crippen LogP contribution in [0.15, 0.2) is 23.6 Å². The first kappa shape index (κ1) is 16.1. The van der Waals surface area contributed by atoms with E-state index in [1.807, 2.05) is 6.07 Å². The van der Waals surface area contributed by atoms with Crippen LogP contribution in [0.25, 0.3) is 10.2 Å². The maximum atomic E-state index is 5.54. The molecule has 5 rings (SSSR count). The lowest BCUT2D eigenvalue weighted by Crippen LogP contribution is -2.10. The molecule has 0 amide bonds. The van der Waals surface area contributed by atoms with E-state index in [0.717, 1.165) is 34.3 Å². The number of thiophene rings is 1. The van der Waals surface area contributed by atoms with Crippen LogP contribution in [0.1, 0.15) is 60.7 Å². The van der Waals surface area contributed by atoms with E-state index in [1.165, 1.54) is 48.6 Å². The fourth-order valence-corrected chi connectivity index (χ4v) is 5.05. The zero-order chi connectivity index (χ0) is 17.5. The van der Waals surface area contributed by atoms with E-state index in [-0.39, 0.29) is 0 Å². The molecule has 3 heterocycles. The van der Waals surface area contributed by atoms with Crippen molar-refractivity contribution >= 4 is 21.6 Å². The number of aromatic nitrogens is 2. The third-order valence-corrected chi connectivity index (χ3v) is 6.48. The molecule has 0 unspecified atom stereocenters. The molecule has 5 heteroatoms. The molecule has 3 aromatic rings. The van der Waals surface area contributed by atoms with Crippen LogP contribution in [0.2, 0.25) is 0 Å². The second-order valence-corrected chi connectivity index (χ2v) is 8.18. The number of hydrogen-bond donors (Lipinski definition) is 0. The number of aryl methyl sites for hydroxylation is 1. The molecule has 4 nitrogen and oxygen atoms in total. The summed E-state index contributed by atoms with van der Waals surface area (Å²) in [7, 11) is 0. The van der Waals surface area contributed by atoms with Gasteiger partial charge in [0.25, 0.3) is 0 Å². The Morgan fingerprint density at radius 3 is 2.81 bits per heavy atom. The summed E-state index contributed by atoms with van der Waals surface area (Å²) in [6.45, 7) is 2.47. The van der Waals surface area contributed by atoms with Crippen molar-refractivity contribution in [1.82, 2.24) is 9.97 Å². The molecule has 0 saturated heterocycles. The number of benzene rings is 1. The van der Waals surface area contributed by atoms with Crippen molar-refractivity contribution in [2.45, 2.75) is 51.4 Å². The third kappa shape index (κ3) is 2.84. The average molecular weight is 366 g/mol. The van der Waals surface area contributed by atoms with Gasteiger partial charge in [-0.15, -0.1) is 11.3 Å². The number of nitrogens with zero attached hydrogens (tertiary/aromatic N) is 2. The highest BCUT2D eigenvalue weighted by Crippen LogP contribution is 2.36. The van der Waals surface area contributed by atoms with Gasteiger partial charge in [0, 0.05) is 17.7 Å². The zero-order valence-electron chi connectivity index (χ0n) is 15.0. The maximum Gasteiger partial charge on any atom is 0.231 e. The molecule has 1 aromatic carbocycles. The van der Waals surface area contributed by atoms with Gasteiger partial charge < -0.3 is 9.47 Å². The Kier molecular flexibility index (Phi) is 4.04. The minimum absolute atomic E-state index is 0.312. The Bertz CT molecular complexity index is 960. The van der Waals surface area contributed by atoms with Crippen LogP contribution >= 0.6 is 11.3 Å². The van der Waals surface area contributed by atoms with Gasteiger partial charge in [-0.25, -0.2) is 9.97 Å². The Morgan fingerprint density at radius 2 is 1.92 bits per heavy atom. The molecule has 26 heavy (non-hydrogen) atoms. The molecule has 0 N–H and O–H groups in total. The quantitative estimate of drug-likeness (QED) is 0.625. The summed E-state index contributed by atoms with van der Waals surface area (Å²) in [5, 5.41) is 3.43. The highest BCUT2D eigenvalue weighted by Gasteiger charge is 2.22. The molecule has 0 radical (unpaired) electrons. The zero-order valence-corrected chi connectivity index (χ0v) is 15.8. The molecule has 0 atom stereocenters. The van der Waals surface area contributed by atoms with E-state index in [0.29, 0.717) is 12.7 Å². The first-order valence-corrected chi connectivity index (χ1v) is 10.3. The summed E-state index contributed by atoms with van der Waals surface area (Å²) >= 11 is 1.74. The SMILES string of the molecule is Cc1csc2nc(C3CCCCC3)nc(Cc3ccc4c(c3)OCO4)c12. The normalized spacial score (nSPS) is 17.1. The van der Waals surface area contributed by atoms with Crippen LogP contribution < -0.4 is 9.47 Å². The van der Waals surface area contributed by atoms with Crippen molar-refractivity contribution in [2.24, 2.45) is 0 Å². The molecule has 1 saturated carbocycles. The Labute approximate surface area is 157 Å². The molecule has 134 valence electrons. The van der Waals surface area contributed by atoms with E-state index >= 15 is 0 Å². The van der Waals surface area contributed by atoms with Gasteiger partial charge in [0.1, 0.15) is 10.7 Å². The van der Waals surface area contributed by atoms with Crippen LogP contribution in [-0.2, 0) is 6.42 Å². The van der Waals surface area contributed by atoms with Gasteiger partial charge in [-0.2, -0.15) is 0 Å². The van der Waals surface area contributed by atoms with Crippen LogP contribution in [0.3, 0.4) is 0 Å². The second-order valence-electron chi connectivity index (χ2n) is 7.33. The number of hydrogen-bond acceptors (Lipinski definition) is 5. The van der Waals surface area contributed by atoms with Crippen molar-refractivity contribution < 1.29 is 9.47 Å². The monoisotopic (exact) mass is 366 g/mol. The summed E-state index contributed by atoms with van der Waals surface area (Å²) in [5.41, 5.74) is 3.62. The predicted octanol–water partition coefficient (Wildman–Crippen LogP) is 5.37. The van der Waals surface area contributed by atoms with Crippen molar-refractivity contribution in [2.75, 3.05) is 6.79 Å². The van der Waals surface area contributed by atoms with E-state index < -0.39 is 0 Å². The van der Waals surface area contributed by atoms with Crippen LogP contribution in [0.4, 0.5) is 0 Å². The van der Waals surface area contributed by atoms with E-state index in [9.17, 15) is 0 Å². The second kappa shape index (κ2) is 6.54. The first-order valence-electron chi connectivity index (χ1n) is 9.41. The predicted molar refractivity (Wildman–Crippen MR) is 103 cm³/mol. The number of fused-ring (bicyclic) bond motifs is 2. The molecule has 1 fully saturated rings. The molecule has 0 spiro atoms. The maximum absolute atomic E-state index is 5.54. The van der Waals surface area contributed by atoms with Gasteiger partial charge in [0.15, 0.2) is 11.5 Å². The topological polar surface area (TPSA) is 44.2 Å². The fraction of sp³-hybridized carbons (Fsp3) is 0.429. The molecular formula is C21H22N2O2S. The average Bonchev–Trinajstić information content (AvgIpc) is 3.29. The minimum atomic E-state index is 0.312. The highest BCUT2D eigenvalue weighted by molar-refractivity contribution is 7.16. The summed E-state index contributed by atoms with van der Waals surface area (Å²) in [4.78, 5) is 11.1. The Balaban J connectivity index is 1.55. The van der Waals surface area contributed by atoms with Crippen LogP contribution in [0.5, 0.6) is 11.5 Å². The molecule has 1 aliphatic heterocycles. The summed E-state index contributed by atoms with van der Waals surface area (Å²) in [5.74, 6) is 3.24. The molecule has 1 aliphatic carbocycles. The molecule has 2 aliphatic rings. The van der Waals surface area contributed by atoms with E-state index in [4.69, 9.17) is 19.4 Å². The largest absolute Gasteiger partial charge is 0.454 e. The van der Waals surface area contributed by atoms with Gasteiger partial charge in [-0.1, -0.05) is 25.3 Å². The standard InChI is InChI=1S/C21H22N2O2S/c1-13-11-26-21-19(13)16(22-20(23-21)15-5-3-2-4-6-15)9-14-7-8-17-18(10-14)25-12-24-17/h7-8,10-11,15H,2-6,9,12H2,1H3. The Hall–Kier alpha value is -2.14. The number of rotatable bonds is 3. The fourth-order valence-electron chi connectivity index (χ4n) is 4.10. The number of ether oxygens (including phenoxy) is 2. The van der Waals surface area contributed by atoms with E-state index in [2.05, 4.69) is 24.4 Å². The molecular weight excluding hydrogens is 344 g/mol. The third-order valence-electron chi connectivity index (χ3n) is 5.49.